The number of likely N-dealkylation sites (tertiary alicyclic amines) is 1. The van der Waals surface area contributed by atoms with E-state index >= 15 is 0 Å². The van der Waals surface area contributed by atoms with Crippen LogP contribution in [0.25, 0.3) is 0 Å². The van der Waals surface area contributed by atoms with E-state index in [1.807, 2.05) is 36.2 Å². The Hall–Kier alpha value is -3.59. The Kier molecular flexibility index (Phi) is 7.64. The molecule has 0 radical (unpaired) electrons. The van der Waals surface area contributed by atoms with E-state index in [0.29, 0.717) is 51.2 Å². The Bertz CT molecular complexity index is 1310. The summed E-state index contributed by atoms with van der Waals surface area (Å²) < 4.78 is 11.1. The first-order chi connectivity index (χ1) is 20.3. The minimum Gasteiger partial charge on any atom is -0.497 e. The molecular weight excluding hydrogens is 532 g/mol. The number of piperidine rings is 1. The minimum atomic E-state index is -1.21. The van der Waals surface area contributed by atoms with E-state index < -0.39 is 23.1 Å². The molecule has 42 heavy (non-hydrogen) atoms. The van der Waals surface area contributed by atoms with Crippen molar-refractivity contribution < 1.29 is 23.9 Å². The monoisotopic (exact) mass is 574 g/mol. The van der Waals surface area contributed by atoms with Crippen LogP contribution in [-0.4, -0.2) is 77.5 Å². The summed E-state index contributed by atoms with van der Waals surface area (Å²) in [5, 5.41) is 0. The molecule has 9 heteroatoms. The molecule has 4 aliphatic rings. The first-order valence-electron chi connectivity index (χ1n) is 15.3. The van der Waals surface area contributed by atoms with Crippen molar-refractivity contribution in [1.29, 1.82) is 0 Å². The van der Waals surface area contributed by atoms with E-state index in [2.05, 4.69) is 29.2 Å². The lowest BCUT2D eigenvalue weighted by atomic mass is 9.86. The maximum atomic E-state index is 14.3. The molecule has 2 N–H and O–H groups in total. The van der Waals surface area contributed by atoms with Crippen LogP contribution in [0.5, 0.6) is 5.75 Å². The van der Waals surface area contributed by atoms with E-state index in [-0.39, 0.29) is 12.1 Å². The molecule has 2 saturated carbocycles. The highest BCUT2D eigenvalue weighted by Gasteiger charge is 2.57. The Morgan fingerprint density at radius 2 is 1.55 bits per heavy atom. The summed E-state index contributed by atoms with van der Waals surface area (Å²) in [5.41, 5.74) is 7.34. The molecule has 1 spiro atoms. The van der Waals surface area contributed by atoms with E-state index in [0.717, 1.165) is 36.1 Å². The molecule has 1 unspecified atom stereocenters. The summed E-state index contributed by atoms with van der Waals surface area (Å²) in [6.45, 7) is 1.34. The lowest BCUT2D eigenvalue weighted by Gasteiger charge is -2.42. The number of hydrogen-bond donors (Lipinski definition) is 1. The minimum absolute atomic E-state index is 0.104. The van der Waals surface area contributed by atoms with Gasteiger partial charge in [-0.25, -0.2) is 4.79 Å². The molecule has 9 nitrogen and oxygen atoms in total. The number of hydrogen-bond acceptors (Lipinski definition) is 6. The van der Waals surface area contributed by atoms with Gasteiger partial charge in [0.25, 0.3) is 5.91 Å². The highest BCUT2D eigenvalue weighted by Crippen LogP contribution is 2.46. The van der Waals surface area contributed by atoms with Crippen LogP contribution in [0.4, 0.5) is 4.79 Å². The zero-order valence-electron chi connectivity index (χ0n) is 24.7. The Balaban J connectivity index is 1.20. The van der Waals surface area contributed by atoms with Gasteiger partial charge in [0.15, 0.2) is 5.60 Å². The van der Waals surface area contributed by atoms with Crippen molar-refractivity contribution >= 4 is 17.9 Å². The quantitative estimate of drug-likeness (QED) is 0.503. The average Bonchev–Trinajstić information content (AvgIpc) is 3.72. The van der Waals surface area contributed by atoms with Crippen LogP contribution in [0.1, 0.15) is 80.1 Å². The maximum Gasteiger partial charge on any atom is 0.410 e. The number of ether oxygens (including phenoxy) is 2. The number of carbonyl (C=O) groups is 3. The molecule has 2 aliphatic carbocycles. The van der Waals surface area contributed by atoms with Crippen molar-refractivity contribution in [2.75, 3.05) is 33.8 Å². The number of rotatable bonds is 8. The predicted octanol–water partition coefficient (Wildman–Crippen LogP) is 4.36. The molecule has 2 heterocycles. The SMILES string of the molecule is COc1ccc(CCN2C(=O)C3(CCN(C(=O)OC4(C(N)=O)CCCC4)CC3)N(C)C2c2ccc(C3CC3)cc2)cc1. The lowest BCUT2D eigenvalue weighted by molar-refractivity contribution is -0.138. The van der Waals surface area contributed by atoms with Gasteiger partial charge in [-0.3, -0.25) is 14.5 Å². The normalized spacial score (nSPS) is 23.4. The number of nitrogens with zero attached hydrogens (tertiary/aromatic N) is 3. The van der Waals surface area contributed by atoms with E-state index in [1.54, 1.807) is 12.0 Å². The third-order valence-electron chi connectivity index (χ3n) is 10.1. The number of amides is 3. The van der Waals surface area contributed by atoms with Gasteiger partial charge < -0.3 is 25.0 Å². The zero-order chi connectivity index (χ0) is 29.5. The number of methoxy groups -OCH3 is 1. The third-order valence-corrected chi connectivity index (χ3v) is 10.1. The number of likely N-dealkylation sites (N-methyl/N-ethyl adjacent to an activating group) is 1. The van der Waals surface area contributed by atoms with Gasteiger partial charge in [0.05, 0.1) is 7.11 Å². The van der Waals surface area contributed by atoms with Crippen LogP contribution in [0, 0.1) is 0 Å². The van der Waals surface area contributed by atoms with Gasteiger partial charge in [-0.1, -0.05) is 36.4 Å². The van der Waals surface area contributed by atoms with Crippen LogP contribution < -0.4 is 10.5 Å². The van der Waals surface area contributed by atoms with Gasteiger partial charge in [-0.05, 0) is 99.6 Å². The maximum absolute atomic E-state index is 14.3. The van der Waals surface area contributed by atoms with Crippen molar-refractivity contribution in [3.8, 4) is 5.75 Å². The molecule has 0 bridgehead atoms. The molecular formula is C33H42N4O5. The van der Waals surface area contributed by atoms with Crippen molar-refractivity contribution in [3.05, 3.63) is 65.2 Å². The molecule has 0 aromatic heterocycles. The molecule has 4 fully saturated rings. The number of nitrogens with two attached hydrogens (primary N) is 1. The van der Waals surface area contributed by atoms with Crippen LogP contribution in [0.2, 0.25) is 0 Å². The second kappa shape index (κ2) is 11.2. The first kappa shape index (κ1) is 28.5. The van der Waals surface area contributed by atoms with Gasteiger partial charge in [0.1, 0.15) is 17.5 Å². The summed E-state index contributed by atoms with van der Waals surface area (Å²) in [6.07, 6.45) is 6.07. The molecule has 2 aromatic rings. The zero-order valence-corrected chi connectivity index (χ0v) is 24.7. The molecule has 3 amide bonds. The summed E-state index contributed by atoms with van der Waals surface area (Å²) in [6, 6.07) is 16.8. The van der Waals surface area contributed by atoms with Gasteiger partial charge in [0.2, 0.25) is 5.91 Å². The first-order valence-corrected chi connectivity index (χ1v) is 15.3. The average molecular weight is 575 g/mol. The summed E-state index contributed by atoms with van der Waals surface area (Å²) >= 11 is 0. The molecule has 2 aromatic carbocycles. The van der Waals surface area contributed by atoms with Gasteiger partial charge >= 0.3 is 6.09 Å². The van der Waals surface area contributed by atoms with Gasteiger partial charge in [-0.2, -0.15) is 0 Å². The van der Waals surface area contributed by atoms with Crippen molar-refractivity contribution in [1.82, 2.24) is 14.7 Å². The van der Waals surface area contributed by atoms with Gasteiger partial charge in [-0.15, -0.1) is 0 Å². The standard InChI is InChI=1S/C33H42N4O5/c1-35-28(26-11-9-25(10-12-26)24-7-8-24)37(20-15-23-5-13-27(41-2)14-6-23)30(39)32(35)18-21-36(22-19-32)31(40)42-33(29(34)38)16-3-4-17-33/h5-6,9-14,24,28H,3-4,7-8,15-22H2,1-2H3,(H2,34,38). The Labute approximate surface area is 247 Å². The van der Waals surface area contributed by atoms with Gasteiger partial charge in [0, 0.05) is 19.6 Å². The number of benzene rings is 2. The highest BCUT2D eigenvalue weighted by molar-refractivity contribution is 5.90. The molecule has 224 valence electrons. The Morgan fingerprint density at radius 1 is 0.929 bits per heavy atom. The molecule has 1 atom stereocenters. The van der Waals surface area contributed by atoms with Crippen molar-refractivity contribution in [2.45, 2.75) is 81.0 Å². The smallest absolute Gasteiger partial charge is 0.410 e. The van der Waals surface area contributed by atoms with E-state index in [4.69, 9.17) is 15.2 Å². The van der Waals surface area contributed by atoms with Crippen LogP contribution in [0.3, 0.4) is 0 Å². The van der Waals surface area contributed by atoms with Crippen LogP contribution in [0.15, 0.2) is 48.5 Å². The third kappa shape index (κ3) is 5.12. The molecule has 6 rings (SSSR count). The van der Waals surface area contributed by atoms with E-state index in [1.165, 1.54) is 18.4 Å². The van der Waals surface area contributed by atoms with E-state index in [9.17, 15) is 14.4 Å². The second-order valence-corrected chi connectivity index (χ2v) is 12.5. The Morgan fingerprint density at radius 3 is 2.12 bits per heavy atom. The fourth-order valence-electron chi connectivity index (χ4n) is 7.20. The second-order valence-electron chi connectivity index (χ2n) is 12.5. The fraction of sp³-hybridized carbons (Fsp3) is 0.545. The lowest BCUT2D eigenvalue weighted by Crippen LogP contribution is -2.57. The topological polar surface area (TPSA) is 105 Å². The molecule has 2 aliphatic heterocycles. The summed E-state index contributed by atoms with van der Waals surface area (Å²) in [5.74, 6) is 1.01. The fourth-order valence-corrected chi connectivity index (χ4v) is 7.20. The summed E-state index contributed by atoms with van der Waals surface area (Å²) in [7, 11) is 3.70. The number of carbonyl (C=O) groups excluding carboxylic acids is 3. The van der Waals surface area contributed by atoms with Crippen molar-refractivity contribution in [3.63, 3.8) is 0 Å². The van der Waals surface area contributed by atoms with Crippen LogP contribution >= 0.6 is 0 Å². The van der Waals surface area contributed by atoms with Crippen molar-refractivity contribution in [2.24, 2.45) is 5.73 Å². The highest BCUT2D eigenvalue weighted by atomic mass is 16.6. The summed E-state index contributed by atoms with van der Waals surface area (Å²) in [4.78, 5) is 45.5. The number of primary amides is 1. The predicted molar refractivity (Wildman–Crippen MR) is 158 cm³/mol. The van der Waals surface area contributed by atoms with Crippen LogP contribution in [-0.2, 0) is 20.7 Å². The largest absolute Gasteiger partial charge is 0.497 e. The molecule has 2 saturated heterocycles.